The first-order valence-electron chi connectivity index (χ1n) is 4.74. The predicted molar refractivity (Wildman–Crippen MR) is 59.5 cm³/mol. The van der Waals surface area contributed by atoms with Crippen molar-refractivity contribution in [3.63, 3.8) is 0 Å². The number of hydrogen-bond acceptors (Lipinski definition) is 1. The highest BCUT2D eigenvalue weighted by Gasteiger charge is 2.13. The van der Waals surface area contributed by atoms with Gasteiger partial charge in [0.05, 0.1) is 7.11 Å². The molecule has 14 heavy (non-hydrogen) atoms. The first-order valence-corrected chi connectivity index (χ1v) is 4.74. The molecule has 2 rings (SSSR count). The molecule has 0 saturated carbocycles. The molecule has 0 aromatic heterocycles. The third kappa shape index (κ3) is 1.46. The Morgan fingerprint density at radius 2 is 2.21 bits per heavy atom. The van der Waals surface area contributed by atoms with E-state index in [0.29, 0.717) is 0 Å². The van der Waals surface area contributed by atoms with E-state index in [4.69, 9.17) is 4.74 Å². The minimum Gasteiger partial charge on any atom is -0.497 e. The second-order valence-electron chi connectivity index (χ2n) is 3.69. The molecule has 1 aliphatic carbocycles. The van der Waals surface area contributed by atoms with Crippen molar-refractivity contribution in [2.75, 3.05) is 7.11 Å². The van der Waals surface area contributed by atoms with Crippen LogP contribution in [0.3, 0.4) is 0 Å². The molecule has 0 spiro atoms. The normalized spacial score (nSPS) is 13.4. The van der Waals surface area contributed by atoms with E-state index in [1.54, 1.807) is 7.11 Å². The Labute approximate surface area is 84.7 Å². The van der Waals surface area contributed by atoms with Crippen LogP contribution in [0, 0.1) is 0 Å². The number of benzene rings is 1. The lowest BCUT2D eigenvalue weighted by Crippen LogP contribution is -1.88. The molecule has 0 bridgehead atoms. The zero-order chi connectivity index (χ0) is 10.1. The van der Waals surface area contributed by atoms with Gasteiger partial charge in [0.1, 0.15) is 5.75 Å². The van der Waals surface area contributed by atoms with Gasteiger partial charge in [-0.2, -0.15) is 0 Å². The molecule has 1 aromatic rings. The van der Waals surface area contributed by atoms with Gasteiger partial charge in [0.2, 0.25) is 0 Å². The highest BCUT2D eigenvalue weighted by molar-refractivity contribution is 5.68. The summed E-state index contributed by atoms with van der Waals surface area (Å²) in [6.07, 6.45) is 3.19. The maximum Gasteiger partial charge on any atom is 0.119 e. The first-order chi connectivity index (χ1) is 6.70. The van der Waals surface area contributed by atoms with E-state index >= 15 is 0 Å². The summed E-state index contributed by atoms with van der Waals surface area (Å²) < 4.78 is 5.19. The monoisotopic (exact) mass is 186 g/mol. The first kappa shape index (κ1) is 9.07. The Bertz CT molecular complexity index is 413. The SMILES string of the molecule is C=C(C)C1=Cc2ccc(OC)cc2C1. The number of methoxy groups -OCH3 is 1. The van der Waals surface area contributed by atoms with Gasteiger partial charge in [-0.25, -0.2) is 0 Å². The van der Waals surface area contributed by atoms with Crippen LogP contribution in [0.4, 0.5) is 0 Å². The molecule has 1 nitrogen and oxygen atoms in total. The van der Waals surface area contributed by atoms with Crippen molar-refractivity contribution in [1.82, 2.24) is 0 Å². The fourth-order valence-electron chi connectivity index (χ4n) is 1.72. The second kappa shape index (κ2) is 3.33. The summed E-state index contributed by atoms with van der Waals surface area (Å²) in [5, 5.41) is 0. The third-order valence-electron chi connectivity index (χ3n) is 2.61. The molecule has 0 heterocycles. The molecule has 0 saturated heterocycles. The van der Waals surface area contributed by atoms with Crippen LogP contribution in [-0.4, -0.2) is 7.11 Å². The van der Waals surface area contributed by atoms with Crippen molar-refractivity contribution in [3.05, 3.63) is 47.1 Å². The fourth-order valence-corrected chi connectivity index (χ4v) is 1.72. The Balaban J connectivity index is 2.35. The number of ether oxygens (including phenoxy) is 1. The molecule has 1 heteroatoms. The van der Waals surface area contributed by atoms with Crippen molar-refractivity contribution >= 4 is 6.08 Å². The van der Waals surface area contributed by atoms with Crippen LogP contribution in [0.15, 0.2) is 35.9 Å². The lowest BCUT2D eigenvalue weighted by atomic mass is 10.1. The van der Waals surface area contributed by atoms with Crippen LogP contribution in [0.2, 0.25) is 0 Å². The van der Waals surface area contributed by atoms with E-state index in [-0.39, 0.29) is 0 Å². The minimum atomic E-state index is 0.931. The summed E-state index contributed by atoms with van der Waals surface area (Å²) in [7, 11) is 1.70. The molecular weight excluding hydrogens is 172 g/mol. The zero-order valence-electron chi connectivity index (χ0n) is 8.63. The van der Waals surface area contributed by atoms with Gasteiger partial charge in [0, 0.05) is 0 Å². The summed E-state index contributed by atoms with van der Waals surface area (Å²) >= 11 is 0. The summed E-state index contributed by atoms with van der Waals surface area (Å²) in [5.74, 6) is 0.931. The molecule has 0 unspecified atom stereocenters. The van der Waals surface area contributed by atoms with Crippen LogP contribution >= 0.6 is 0 Å². The van der Waals surface area contributed by atoms with E-state index < -0.39 is 0 Å². The van der Waals surface area contributed by atoms with E-state index in [1.807, 2.05) is 6.07 Å². The highest BCUT2D eigenvalue weighted by atomic mass is 16.5. The van der Waals surface area contributed by atoms with Crippen molar-refractivity contribution < 1.29 is 4.74 Å². The Hall–Kier alpha value is -1.50. The second-order valence-corrected chi connectivity index (χ2v) is 3.69. The smallest absolute Gasteiger partial charge is 0.119 e. The Kier molecular flexibility index (Phi) is 2.16. The molecule has 1 aliphatic rings. The largest absolute Gasteiger partial charge is 0.497 e. The van der Waals surface area contributed by atoms with Crippen molar-refractivity contribution in [1.29, 1.82) is 0 Å². The van der Waals surface area contributed by atoms with Crippen LogP contribution in [-0.2, 0) is 6.42 Å². The van der Waals surface area contributed by atoms with Crippen LogP contribution in [0.1, 0.15) is 18.1 Å². The fraction of sp³-hybridized carbons (Fsp3) is 0.231. The molecule has 0 atom stereocenters. The van der Waals surface area contributed by atoms with Gasteiger partial charge >= 0.3 is 0 Å². The molecule has 0 fully saturated rings. The topological polar surface area (TPSA) is 9.23 Å². The molecule has 0 aliphatic heterocycles. The Morgan fingerprint density at radius 3 is 2.86 bits per heavy atom. The zero-order valence-corrected chi connectivity index (χ0v) is 8.63. The van der Waals surface area contributed by atoms with Gasteiger partial charge in [-0.3, -0.25) is 0 Å². The minimum absolute atomic E-state index is 0.931. The average molecular weight is 186 g/mol. The van der Waals surface area contributed by atoms with Crippen molar-refractivity contribution in [3.8, 4) is 5.75 Å². The molecule has 72 valence electrons. The van der Waals surface area contributed by atoms with Gasteiger partial charge in [0.15, 0.2) is 0 Å². The standard InChI is InChI=1S/C13H14O/c1-9(2)11-6-10-4-5-13(14-3)8-12(10)7-11/h4-6,8H,1,7H2,2-3H3. The highest BCUT2D eigenvalue weighted by Crippen LogP contribution is 2.30. The maximum atomic E-state index is 5.19. The third-order valence-corrected chi connectivity index (χ3v) is 2.61. The van der Waals surface area contributed by atoms with E-state index in [9.17, 15) is 0 Å². The summed E-state index contributed by atoms with van der Waals surface area (Å²) in [6, 6.07) is 6.20. The lowest BCUT2D eigenvalue weighted by Gasteiger charge is -2.03. The number of fused-ring (bicyclic) bond motifs is 1. The average Bonchev–Trinajstić information content (AvgIpc) is 2.59. The summed E-state index contributed by atoms with van der Waals surface area (Å²) in [6.45, 7) is 6.01. The van der Waals surface area contributed by atoms with Crippen LogP contribution in [0.25, 0.3) is 6.08 Å². The van der Waals surface area contributed by atoms with Crippen LogP contribution < -0.4 is 4.74 Å². The van der Waals surface area contributed by atoms with Crippen LogP contribution in [0.5, 0.6) is 5.75 Å². The maximum absolute atomic E-state index is 5.19. The summed E-state index contributed by atoms with van der Waals surface area (Å²) in [4.78, 5) is 0. The van der Waals surface area contributed by atoms with E-state index in [1.165, 1.54) is 16.7 Å². The number of allylic oxidation sites excluding steroid dienone is 2. The number of hydrogen-bond donors (Lipinski definition) is 0. The van der Waals surface area contributed by atoms with Gasteiger partial charge < -0.3 is 4.74 Å². The molecule has 1 aromatic carbocycles. The van der Waals surface area contributed by atoms with Crippen molar-refractivity contribution in [2.45, 2.75) is 13.3 Å². The molecular formula is C13H14O. The molecule has 0 radical (unpaired) electrons. The molecule has 0 N–H and O–H groups in total. The van der Waals surface area contributed by atoms with Crippen molar-refractivity contribution in [2.24, 2.45) is 0 Å². The van der Waals surface area contributed by atoms with Gasteiger partial charge in [-0.15, -0.1) is 0 Å². The van der Waals surface area contributed by atoms with Gasteiger partial charge in [0.25, 0.3) is 0 Å². The summed E-state index contributed by atoms with van der Waals surface area (Å²) in [5.41, 5.74) is 5.11. The lowest BCUT2D eigenvalue weighted by molar-refractivity contribution is 0.414. The number of rotatable bonds is 2. The van der Waals surface area contributed by atoms with E-state index in [0.717, 1.165) is 17.7 Å². The predicted octanol–water partition coefficient (Wildman–Crippen LogP) is 3.21. The van der Waals surface area contributed by atoms with Gasteiger partial charge in [-0.1, -0.05) is 24.3 Å². The quantitative estimate of drug-likeness (QED) is 0.689. The van der Waals surface area contributed by atoms with E-state index in [2.05, 4.69) is 31.7 Å². The Morgan fingerprint density at radius 1 is 1.43 bits per heavy atom. The molecule has 0 amide bonds. The van der Waals surface area contributed by atoms with Gasteiger partial charge in [-0.05, 0) is 42.2 Å².